The number of halogens is 1. The van der Waals surface area contributed by atoms with E-state index in [1.54, 1.807) is 24.7 Å². The van der Waals surface area contributed by atoms with Crippen molar-refractivity contribution in [3.05, 3.63) is 47.0 Å². The lowest BCUT2D eigenvalue weighted by molar-refractivity contribution is 0.506. The van der Waals surface area contributed by atoms with E-state index >= 15 is 0 Å². The lowest BCUT2D eigenvalue weighted by atomic mass is 10.2. The van der Waals surface area contributed by atoms with Crippen LogP contribution < -0.4 is 4.72 Å². The maximum atomic E-state index is 12.3. The van der Waals surface area contributed by atoms with Crippen LogP contribution in [0.1, 0.15) is 25.1 Å². The van der Waals surface area contributed by atoms with Crippen molar-refractivity contribution in [2.24, 2.45) is 5.92 Å². The van der Waals surface area contributed by atoms with Crippen LogP contribution in [0.3, 0.4) is 0 Å². The second-order valence-electron chi connectivity index (χ2n) is 5.67. The van der Waals surface area contributed by atoms with Gasteiger partial charge in [-0.15, -0.1) is 0 Å². The first-order chi connectivity index (χ1) is 10.3. The molecule has 1 heterocycles. The van der Waals surface area contributed by atoms with E-state index < -0.39 is 10.0 Å². The average Bonchev–Trinajstić information content (AvgIpc) is 2.86. The van der Waals surface area contributed by atoms with E-state index in [2.05, 4.69) is 23.6 Å². The zero-order valence-corrected chi connectivity index (χ0v) is 14.4. The zero-order valence-electron chi connectivity index (χ0n) is 12.9. The second kappa shape index (κ2) is 6.81. The average molecular weight is 342 g/mol. The van der Waals surface area contributed by atoms with E-state index in [-0.39, 0.29) is 11.4 Å². The summed E-state index contributed by atoms with van der Waals surface area (Å²) in [4.78, 5) is 4.25. The van der Waals surface area contributed by atoms with Crippen molar-refractivity contribution in [3.8, 4) is 0 Å². The predicted octanol–water partition coefficient (Wildman–Crippen LogP) is 2.98. The molecule has 0 amide bonds. The summed E-state index contributed by atoms with van der Waals surface area (Å²) in [5.41, 5.74) is 1.67. The van der Waals surface area contributed by atoms with Gasteiger partial charge in [0.15, 0.2) is 0 Å². The Morgan fingerprint density at radius 3 is 2.73 bits per heavy atom. The molecule has 1 aromatic carbocycles. The molecule has 2 aromatic rings. The van der Waals surface area contributed by atoms with Crippen molar-refractivity contribution in [1.82, 2.24) is 14.3 Å². The van der Waals surface area contributed by atoms with E-state index in [1.165, 1.54) is 6.07 Å². The Balaban J connectivity index is 2.13. The lowest BCUT2D eigenvalue weighted by Crippen LogP contribution is -2.25. The molecule has 2 rings (SSSR count). The van der Waals surface area contributed by atoms with Crippen molar-refractivity contribution in [2.75, 3.05) is 0 Å². The summed E-state index contributed by atoms with van der Waals surface area (Å²) in [6.45, 7) is 7.02. The molecule has 1 N–H and O–H groups in total. The lowest BCUT2D eigenvalue weighted by Gasteiger charge is -2.12. The van der Waals surface area contributed by atoms with Crippen LogP contribution in [0.2, 0.25) is 5.02 Å². The van der Waals surface area contributed by atoms with Gasteiger partial charge in [0.1, 0.15) is 0 Å². The molecule has 0 bridgehead atoms. The fourth-order valence-electron chi connectivity index (χ4n) is 2.05. The maximum absolute atomic E-state index is 12.3. The summed E-state index contributed by atoms with van der Waals surface area (Å²) in [7, 11) is -3.60. The minimum atomic E-state index is -3.60. The second-order valence-corrected chi connectivity index (χ2v) is 7.84. The summed E-state index contributed by atoms with van der Waals surface area (Å²) in [6.07, 6.45) is 3.39. The highest BCUT2D eigenvalue weighted by molar-refractivity contribution is 7.89. The Hall–Kier alpha value is -1.37. The molecular weight excluding hydrogens is 322 g/mol. The SMILES string of the molecule is Cc1ccc(S(=O)(=O)NCc2cncn2CC(C)C)cc1Cl. The fraction of sp³-hybridized carbons (Fsp3) is 0.400. The molecule has 5 nitrogen and oxygen atoms in total. The van der Waals surface area contributed by atoms with Gasteiger partial charge < -0.3 is 4.57 Å². The highest BCUT2D eigenvalue weighted by atomic mass is 35.5. The number of rotatable bonds is 6. The Labute approximate surface area is 136 Å². The predicted molar refractivity (Wildman–Crippen MR) is 87.3 cm³/mol. The molecule has 0 spiro atoms. The Kier molecular flexibility index (Phi) is 5.26. The summed E-state index contributed by atoms with van der Waals surface area (Å²) in [6, 6.07) is 4.71. The van der Waals surface area contributed by atoms with E-state index in [4.69, 9.17) is 11.6 Å². The molecule has 7 heteroatoms. The molecule has 0 atom stereocenters. The number of nitrogens with one attached hydrogen (secondary N) is 1. The number of benzene rings is 1. The smallest absolute Gasteiger partial charge is 0.240 e. The van der Waals surface area contributed by atoms with E-state index in [0.29, 0.717) is 10.9 Å². The standard InChI is InChI=1S/C15H20ClN3O2S/c1-11(2)9-19-10-17-7-13(19)8-18-22(20,21)14-5-4-12(3)15(16)6-14/h4-7,10-11,18H,8-9H2,1-3H3. The fourth-order valence-corrected chi connectivity index (χ4v) is 3.32. The number of nitrogens with zero attached hydrogens (tertiary/aromatic N) is 2. The first-order valence-corrected chi connectivity index (χ1v) is 8.90. The van der Waals surface area contributed by atoms with Gasteiger partial charge in [0.2, 0.25) is 10.0 Å². The van der Waals surface area contributed by atoms with Crippen molar-refractivity contribution in [3.63, 3.8) is 0 Å². The molecule has 0 aliphatic heterocycles. The summed E-state index contributed by atoms with van der Waals surface area (Å²) >= 11 is 6.00. The van der Waals surface area contributed by atoms with Gasteiger partial charge >= 0.3 is 0 Å². The normalized spacial score (nSPS) is 12.0. The Bertz CT molecular complexity index is 754. The van der Waals surface area contributed by atoms with Crippen LogP contribution in [0.4, 0.5) is 0 Å². The van der Waals surface area contributed by atoms with Crippen LogP contribution in [0.25, 0.3) is 0 Å². The first-order valence-electron chi connectivity index (χ1n) is 7.04. The van der Waals surface area contributed by atoms with Crippen LogP contribution in [0.5, 0.6) is 0 Å². The molecule has 0 radical (unpaired) electrons. The van der Waals surface area contributed by atoms with Gasteiger partial charge in [-0.05, 0) is 30.5 Å². The van der Waals surface area contributed by atoms with Crippen molar-refractivity contribution in [1.29, 1.82) is 0 Å². The zero-order chi connectivity index (χ0) is 16.3. The van der Waals surface area contributed by atoms with E-state index in [1.807, 2.05) is 11.5 Å². The van der Waals surface area contributed by atoms with Gasteiger partial charge in [-0.3, -0.25) is 0 Å². The molecule has 1 aromatic heterocycles. The van der Waals surface area contributed by atoms with Gasteiger partial charge in [-0.25, -0.2) is 18.1 Å². The number of hydrogen-bond donors (Lipinski definition) is 1. The summed E-state index contributed by atoms with van der Waals surface area (Å²) in [5, 5.41) is 0.438. The number of imidazole rings is 1. The molecular formula is C15H20ClN3O2S. The Morgan fingerprint density at radius 1 is 1.36 bits per heavy atom. The van der Waals surface area contributed by atoms with Crippen LogP contribution in [0, 0.1) is 12.8 Å². The molecule has 0 aliphatic rings. The van der Waals surface area contributed by atoms with Gasteiger partial charge in [-0.2, -0.15) is 0 Å². The third kappa shape index (κ3) is 4.09. The van der Waals surface area contributed by atoms with Gasteiger partial charge in [0, 0.05) is 17.8 Å². The van der Waals surface area contributed by atoms with Crippen LogP contribution in [-0.2, 0) is 23.1 Å². The van der Waals surface area contributed by atoms with Gasteiger partial charge in [0.25, 0.3) is 0 Å². The molecule has 22 heavy (non-hydrogen) atoms. The number of sulfonamides is 1. The topological polar surface area (TPSA) is 64.0 Å². The maximum Gasteiger partial charge on any atom is 0.240 e. The van der Waals surface area contributed by atoms with Crippen molar-refractivity contribution >= 4 is 21.6 Å². The van der Waals surface area contributed by atoms with Crippen LogP contribution in [0.15, 0.2) is 35.6 Å². The van der Waals surface area contributed by atoms with Crippen molar-refractivity contribution in [2.45, 2.75) is 38.8 Å². The molecule has 0 unspecified atom stereocenters. The quantitative estimate of drug-likeness (QED) is 0.878. The van der Waals surface area contributed by atoms with E-state index in [9.17, 15) is 8.42 Å². The third-order valence-electron chi connectivity index (χ3n) is 3.26. The van der Waals surface area contributed by atoms with Gasteiger partial charge in [0.05, 0.1) is 23.5 Å². The number of hydrogen-bond acceptors (Lipinski definition) is 3. The minimum absolute atomic E-state index is 0.165. The monoisotopic (exact) mass is 341 g/mol. The first kappa shape index (κ1) is 17.0. The summed E-state index contributed by atoms with van der Waals surface area (Å²) in [5.74, 6) is 0.459. The van der Waals surface area contributed by atoms with E-state index in [0.717, 1.165) is 17.8 Å². The van der Waals surface area contributed by atoms with Crippen LogP contribution >= 0.6 is 11.6 Å². The minimum Gasteiger partial charge on any atom is -0.333 e. The highest BCUT2D eigenvalue weighted by Gasteiger charge is 2.16. The molecule has 0 saturated heterocycles. The highest BCUT2D eigenvalue weighted by Crippen LogP contribution is 2.20. The largest absolute Gasteiger partial charge is 0.333 e. The Morgan fingerprint density at radius 2 is 2.09 bits per heavy atom. The summed E-state index contributed by atoms with van der Waals surface area (Å²) < 4.78 is 29.2. The molecule has 120 valence electrons. The molecule has 0 fully saturated rings. The molecule has 0 aliphatic carbocycles. The molecule has 0 saturated carbocycles. The number of aryl methyl sites for hydroxylation is 1. The van der Waals surface area contributed by atoms with Crippen molar-refractivity contribution < 1.29 is 8.42 Å². The van der Waals surface area contributed by atoms with Crippen LogP contribution in [-0.4, -0.2) is 18.0 Å². The third-order valence-corrected chi connectivity index (χ3v) is 5.06. The number of aromatic nitrogens is 2. The van der Waals surface area contributed by atoms with Gasteiger partial charge in [-0.1, -0.05) is 31.5 Å².